The molecule has 0 unspecified atom stereocenters. The van der Waals surface area contributed by atoms with Crippen LogP contribution in [-0.2, 0) is 11.8 Å². The van der Waals surface area contributed by atoms with Gasteiger partial charge in [0.2, 0.25) is 5.88 Å². The Kier molecular flexibility index (Phi) is 4.14. The molecule has 21 heavy (non-hydrogen) atoms. The molecule has 1 aromatic heterocycles. The summed E-state index contributed by atoms with van der Waals surface area (Å²) in [5.41, 5.74) is 0.985. The maximum absolute atomic E-state index is 12.1. The Hall–Kier alpha value is -1.56. The molecule has 2 aromatic rings. The number of benzene rings is 1. The summed E-state index contributed by atoms with van der Waals surface area (Å²) in [6.07, 6.45) is 3.39. The van der Waals surface area contributed by atoms with E-state index in [1.54, 1.807) is 4.68 Å². The van der Waals surface area contributed by atoms with E-state index >= 15 is 0 Å². The van der Waals surface area contributed by atoms with E-state index in [9.17, 15) is 4.79 Å². The highest BCUT2D eigenvalue weighted by molar-refractivity contribution is 9.10. The van der Waals surface area contributed by atoms with E-state index in [4.69, 9.17) is 4.74 Å². The minimum Gasteiger partial charge on any atom is -0.466 e. The molecule has 1 amide bonds. The lowest BCUT2D eigenvalue weighted by Gasteiger charge is -2.26. The van der Waals surface area contributed by atoms with Gasteiger partial charge >= 0.3 is 0 Å². The topological polar surface area (TPSA) is 47.4 Å². The van der Waals surface area contributed by atoms with Crippen LogP contribution in [0.5, 0.6) is 5.88 Å². The Morgan fingerprint density at radius 1 is 1.33 bits per heavy atom. The monoisotopic (exact) mass is 351 g/mol. The van der Waals surface area contributed by atoms with Gasteiger partial charge in [-0.3, -0.25) is 9.48 Å². The van der Waals surface area contributed by atoms with Crippen LogP contribution in [0.4, 0.5) is 0 Å². The number of amides is 1. The van der Waals surface area contributed by atoms with Crippen molar-refractivity contribution >= 4 is 32.7 Å². The number of fused-ring (bicyclic) bond motifs is 1. The van der Waals surface area contributed by atoms with E-state index in [0.29, 0.717) is 5.88 Å². The summed E-state index contributed by atoms with van der Waals surface area (Å²) >= 11 is 3.45. The number of rotatable bonds is 3. The highest BCUT2D eigenvalue weighted by Gasteiger charge is 2.18. The first kappa shape index (κ1) is 14.4. The predicted octanol–water partition coefficient (Wildman–Crippen LogP) is 2.73. The second-order valence-corrected chi connectivity index (χ2v) is 6.24. The number of likely N-dealkylation sites (tertiary alicyclic amines) is 1. The average Bonchev–Trinajstić information content (AvgIpc) is 2.81. The van der Waals surface area contributed by atoms with Crippen molar-refractivity contribution in [2.45, 2.75) is 19.3 Å². The molecule has 0 spiro atoms. The molecule has 0 aliphatic carbocycles. The van der Waals surface area contributed by atoms with Gasteiger partial charge in [0.15, 0.2) is 6.61 Å². The molecule has 1 aromatic carbocycles. The lowest BCUT2D eigenvalue weighted by Crippen LogP contribution is -2.38. The number of nitrogens with zero attached hydrogens (tertiary/aromatic N) is 3. The molecule has 0 bridgehead atoms. The molecule has 0 atom stereocenters. The third kappa shape index (κ3) is 3.05. The first-order chi connectivity index (χ1) is 10.1. The molecular formula is C15H18BrN3O2. The number of carbonyl (C=O) groups excluding carboxylic acids is 1. The van der Waals surface area contributed by atoms with Crippen LogP contribution in [0.25, 0.3) is 10.9 Å². The number of ether oxygens (including phenoxy) is 1. The molecule has 2 heterocycles. The van der Waals surface area contributed by atoms with Gasteiger partial charge in [0.25, 0.3) is 5.91 Å². The normalized spacial score (nSPS) is 15.4. The minimum absolute atomic E-state index is 0.0449. The molecule has 6 heteroatoms. The molecule has 1 aliphatic rings. The van der Waals surface area contributed by atoms with Gasteiger partial charge in [-0.25, -0.2) is 0 Å². The highest BCUT2D eigenvalue weighted by Crippen LogP contribution is 2.27. The van der Waals surface area contributed by atoms with Crippen LogP contribution in [-0.4, -0.2) is 40.3 Å². The van der Waals surface area contributed by atoms with E-state index < -0.39 is 0 Å². The van der Waals surface area contributed by atoms with Crippen molar-refractivity contribution in [2.75, 3.05) is 19.7 Å². The first-order valence-corrected chi connectivity index (χ1v) is 7.97. The molecule has 5 nitrogen and oxygen atoms in total. The van der Waals surface area contributed by atoms with Crippen molar-refractivity contribution in [1.29, 1.82) is 0 Å². The second-order valence-electron chi connectivity index (χ2n) is 5.32. The van der Waals surface area contributed by atoms with Crippen LogP contribution >= 0.6 is 15.9 Å². The van der Waals surface area contributed by atoms with E-state index in [1.165, 1.54) is 6.42 Å². The molecule has 1 aliphatic heterocycles. The van der Waals surface area contributed by atoms with Gasteiger partial charge in [-0.1, -0.05) is 15.9 Å². The number of aryl methyl sites for hydroxylation is 1. The number of piperidine rings is 1. The van der Waals surface area contributed by atoms with Gasteiger partial charge < -0.3 is 9.64 Å². The molecular weight excluding hydrogens is 334 g/mol. The fraction of sp³-hybridized carbons (Fsp3) is 0.467. The molecule has 1 saturated heterocycles. The van der Waals surface area contributed by atoms with Crippen molar-refractivity contribution in [3.8, 4) is 5.88 Å². The number of aromatic nitrogens is 2. The Bertz CT molecular complexity index is 662. The smallest absolute Gasteiger partial charge is 0.260 e. The lowest BCUT2D eigenvalue weighted by molar-refractivity contribution is -0.134. The van der Waals surface area contributed by atoms with Crippen molar-refractivity contribution in [3.63, 3.8) is 0 Å². The van der Waals surface area contributed by atoms with E-state index in [-0.39, 0.29) is 12.5 Å². The molecule has 112 valence electrons. The molecule has 3 rings (SSSR count). The minimum atomic E-state index is 0.0449. The van der Waals surface area contributed by atoms with Crippen LogP contribution in [0.3, 0.4) is 0 Å². The van der Waals surface area contributed by atoms with Gasteiger partial charge in [-0.2, -0.15) is 0 Å². The van der Waals surface area contributed by atoms with Crippen LogP contribution < -0.4 is 4.74 Å². The zero-order valence-corrected chi connectivity index (χ0v) is 13.6. The summed E-state index contributed by atoms with van der Waals surface area (Å²) in [5.74, 6) is 0.558. The second kappa shape index (κ2) is 6.05. The van der Waals surface area contributed by atoms with Crippen molar-refractivity contribution in [2.24, 2.45) is 7.05 Å². The van der Waals surface area contributed by atoms with E-state index in [0.717, 1.165) is 41.3 Å². The van der Waals surface area contributed by atoms with Crippen molar-refractivity contribution in [3.05, 3.63) is 22.7 Å². The van der Waals surface area contributed by atoms with Gasteiger partial charge in [0, 0.05) is 24.6 Å². The number of hydrogen-bond acceptors (Lipinski definition) is 3. The van der Waals surface area contributed by atoms with Gasteiger partial charge in [-0.05, 0) is 37.5 Å². The Morgan fingerprint density at radius 3 is 2.86 bits per heavy atom. The van der Waals surface area contributed by atoms with Gasteiger partial charge in [-0.15, -0.1) is 5.10 Å². The summed E-state index contributed by atoms with van der Waals surface area (Å²) in [4.78, 5) is 14.0. The summed E-state index contributed by atoms with van der Waals surface area (Å²) in [7, 11) is 1.87. The maximum atomic E-state index is 12.1. The van der Waals surface area contributed by atoms with E-state index in [2.05, 4.69) is 21.0 Å². The Morgan fingerprint density at radius 2 is 2.10 bits per heavy atom. The Labute approximate surface area is 132 Å². The fourth-order valence-electron chi connectivity index (χ4n) is 2.68. The summed E-state index contributed by atoms with van der Waals surface area (Å²) in [5, 5.41) is 5.27. The highest BCUT2D eigenvalue weighted by atomic mass is 79.9. The third-order valence-corrected chi connectivity index (χ3v) is 4.31. The fourth-order valence-corrected chi connectivity index (χ4v) is 3.04. The van der Waals surface area contributed by atoms with E-state index in [1.807, 2.05) is 30.1 Å². The number of carbonyl (C=O) groups is 1. The average molecular weight is 352 g/mol. The maximum Gasteiger partial charge on any atom is 0.260 e. The van der Waals surface area contributed by atoms with Crippen LogP contribution in [0.1, 0.15) is 19.3 Å². The van der Waals surface area contributed by atoms with Crippen molar-refractivity contribution < 1.29 is 9.53 Å². The van der Waals surface area contributed by atoms with Crippen LogP contribution in [0.2, 0.25) is 0 Å². The quantitative estimate of drug-likeness (QED) is 0.854. The summed E-state index contributed by atoms with van der Waals surface area (Å²) in [6.45, 7) is 1.74. The van der Waals surface area contributed by atoms with Crippen LogP contribution in [0, 0.1) is 0 Å². The predicted molar refractivity (Wildman–Crippen MR) is 84.3 cm³/mol. The lowest BCUT2D eigenvalue weighted by atomic mass is 10.1. The number of halogens is 1. The van der Waals surface area contributed by atoms with Crippen molar-refractivity contribution in [1.82, 2.24) is 14.7 Å². The van der Waals surface area contributed by atoms with Gasteiger partial charge in [0.05, 0.1) is 10.9 Å². The molecule has 0 radical (unpaired) electrons. The zero-order valence-electron chi connectivity index (χ0n) is 12.0. The number of hydrogen-bond donors (Lipinski definition) is 0. The third-order valence-electron chi connectivity index (χ3n) is 3.82. The first-order valence-electron chi connectivity index (χ1n) is 7.18. The summed E-state index contributed by atoms with van der Waals surface area (Å²) < 4.78 is 8.40. The zero-order chi connectivity index (χ0) is 14.8. The van der Waals surface area contributed by atoms with Crippen LogP contribution in [0.15, 0.2) is 22.7 Å². The molecule has 0 N–H and O–H groups in total. The summed E-state index contributed by atoms with van der Waals surface area (Å²) in [6, 6.07) is 5.90. The Balaban J connectivity index is 1.73. The molecule has 0 saturated carbocycles. The van der Waals surface area contributed by atoms with Gasteiger partial charge in [0.1, 0.15) is 0 Å². The largest absolute Gasteiger partial charge is 0.466 e. The standard InChI is InChI=1S/C15H18BrN3O2/c1-18-13-6-5-11(16)9-12(13)15(17-18)21-10-14(20)19-7-3-2-4-8-19/h5-6,9H,2-4,7-8,10H2,1H3. The SMILES string of the molecule is Cn1nc(OCC(=O)N2CCCCC2)c2cc(Br)ccc21. The molecule has 1 fully saturated rings.